The highest BCUT2D eigenvalue weighted by Crippen LogP contribution is 2.37. The molecule has 22 heavy (non-hydrogen) atoms. The van der Waals surface area contributed by atoms with E-state index in [9.17, 15) is 14.9 Å². The molecule has 2 unspecified atom stereocenters. The van der Waals surface area contributed by atoms with E-state index < -0.39 is 10.9 Å². The van der Waals surface area contributed by atoms with Crippen LogP contribution in [0.3, 0.4) is 0 Å². The Bertz CT molecular complexity index is 601. The Morgan fingerprint density at radius 1 is 1.41 bits per heavy atom. The molecule has 0 bridgehead atoms. The van der Waals surface area contributed by atoms with Crippen molar-refractivity contribution in [3.8, 4) is 0 Å². The number of methoxy groups -OCH3 is 1. The van der Waals surface area contributed by atoms with Gasteiger partial charge in [-0.25, -0.2) is 4.79 Å². The van der Waals surface area contributed by atoms with E-state index >= 15 is 0 Å². The number of esters is 1. The number of carbonyl (C=O) groups excluding carboxylic acids is 1. The summed E-state index contributed by atoms with van der Waals surface area (Å²) in [5.74, 6) is -0.685. The smallest absolute Gasteiger partial charge is 0.339 e. The van der Waals surface area contributed by atoms with Crippen LogP contribution in [0, 0.1) is 10.1 Å². The van der Waals surface area contributed by atoms with E-state index in [1.54, 1.807) is 0 Å². The Balaban J connectivity index is 2.48. The predicted octanol–water partition coefficient (Wildman–Crippen LogP) is 3.37. The van der Waals surface area contributed by atoms with Crippen molar-refractivity contribution in [2.75, 3.05) is 25.1 Å². The van der Waals surface area contributed by atoms with Gasteiger partial charge in [-0.1, -0.05) is 25.4 Å². The molecule has 0 aromatic heterocycles. The molecule has 0 spiro atoms. The quantitative estimate of drug-likeness (QED) is 0.475. The first kappa shape index (κ1) is 16.9. The number of hydrogen-bond acceptors (Lipinski definition) is 6. The van der Waals surface area contributed by atoms with Crippen molar-refractivity contribution in [3.05, 3.63) is 32.8 Å². The fraction of sp³-hybridized carbons (Fsp3) is 0.500. The Hall–Kier alpha value is -1.47. The summed E-state index contributed by atoms with van der Waals surface area (Å²) in [6.45, 7) is 5.57. The number of carbonyl (C=O) groups is 1. The summed E-state index contributed by atoms with van der Waals surface area (Å²) in [6, 6.07) is 2.68. The maximum absolute atomic E-state index is 11.7. The highest BCUT2D eigenvalue weighted by molar-refractivity contribution is 8.00. The second kappa shape index (κ2) is 6.75. The molecule has 1 aromatic carbocycles. The van der Waals surface area contributed by atoms with Gasteiger partial charge in [0.15, 0.2) is 0 Å². The van der Waals surface area contributed by atoms with Crippen molar-refractivity contribution >= 4 is 40.7 Å². The van der Waals surface area contributed by atoms with Crippen LogP contribution in [0.2, 0.25) is 5.02 Å². The second-order valence-corrected chi connectivity index (χ2v) is 7.52. The Morgan fingerprint density at radius 3 is 2.50 bits per heavy atom. The maximum atomic E-state index is 11.7. The number of thioether (sulfide) groups is 1. The van der Waals surface area contributed by atoms with Gasteiger partial charge in [-0.15, -0.1) is 0 Å². The molecule has 1 fully saturated rings. The number of nitro benzene ring substituents is 1. The largest absolute Gasteiger partial charge is 0.465 e. The van der Waals surface area contributed by atoms with Crippen LogP contribution in [0.1, 0.15) is 24.2 Å². The van der Waals surface area contributed by atoms with E-state index in [2.05, 4.69) is 18.6 Å². The van der Waals surface area contributed by atoms with Gasteiger partial charge in [-0.3, -0.25) is 10.1 Å². The fourth-order valence-electron chi connectivity index (χ4n) is 2.59. The SMILES string of the molecule is COC(=O)c1cc([N+](=O)[O-])c(N2CC(C)SC(C)C2)cc1Cl. The van der Waals surface area contributed by atoms with Crippen LogP contribution >= 0.6 is 23.4 Å². The molecule has 1 aromatic rings. The van der Waals surface area contributed by atoms with Crippen molar-refractivity contribution < 1.29 is 14.5 Å². The second-order valence-electron chi connectivity index (χ2n) is 5.23. The minimum Gasteiger partial charge on any atom is -0.465 e. The number of benzene rings is 1. The number of nitro groups is 1. The highest BCUT2D eigenvalue weighted by atomic mass is 35.5. The molecule has 1 saturated heterocycles. The van der Waals surface area contributed by atoms with Gasteiger partial charge in [0, 0.05) is 29.7 Å². The number of rotatable bonds is 3. The topological polar surface area (TPSA) is 72.7 Å². The van der Waals surface area contributed by atoms with Gasteiger partial charge in [0.1, 0.15) is 5.69 Å². The van der Waals surface area contributed by atoms with Crippen LogP contribution in [0.25, 0.3) is 0 Å². The number of anilines is 1. The van der Waals surface area contributed by atoms with Gasteiger partial charge in [0.05, 0.1) is 22.6 Å². The van der Waals surface area contributed by atoms with Crippen molar-refractivity contribution in [2.45, 2.75) is 24.3 Å². The van der Waals surface area contributed by atoms with Crippen molar-refractivity contribution in [2.24, 2.45) is 0 Å². The third kappa shape index (κ3) is 3.47. The zero-order valence-electron chi connectivity index (χ0n) is 12.5. The van der Waals surface area contributed by atoms with E-state index in [0.29, 0.717) is 29.3 Å². The lowest BCUT2D eigenvalue weighted by atomic mass is 10.1. The lowest BCUT2D eigenvalue weighted by Gasteiger charge is -2.36. The molecule has 0 N–H and O–H groups in total. The number of ether oxygens (including phenoxy) is 1. The first-order valence-corrected chi connectivity index (χ1v) is 8.12. The van der Waals surface area contributed by atoms with E-state index in [-0.39, 0.29) is 16.3 Å². The lowest BCUT2D eigenvalue weighted by Crippen LogP contribution is -2.40. The molecule has 0 saturated carbocycles. The summed E-state index contributed by atoms with van der Waals surface area (Å²) in [6.07, 6.45) is 0. The predicted molar refractivity (Wildman–Crippen MR) is 88.2 cm³/mol. The average Bonchev–Trinajstić information content (AvgIpc) is 2.44. The van der Waals surface area contributed by atoms with Gasteiger partial charge in [0.25, 0.3) is 5.69 Å². The van der Waals surface area contributed by atoms with Gasteiger partial charge >= 0.3 is 5.97 Å². The third-order valence-corrected chi connectivity index (χ3v) is 4.97. The van der Waals surface area contributed by atoms with Gasteiger partial charge < -0.3 is 9.64 Å². The Morgan fingerprint density at radius 2 is 2.00 bits per heavy atom. The van der Waals surface area contributed by atoms with Gasteiger partial charge in [-0.05, 0) is 6.07 Å². The number of hydrogen-bond donors (Lipinski definition) is 0. The molecule has 120 valence electrons. The molecular weight excluding hydrogens is 328 g/mol. The van der Waals surface area contributed by atoms with Gasteiger partial charge in [0.2, 0.25) is 0 Å². The van der Waals surface area contributed by atoms with E-state index in [4.69, 9.17) is 11.6 Å². The summed E-state index contributed by atoms with van der Waals surface area (Å²) in [5, 5.41) is 12.3. The minimum atomic E-state index is -0.685. The zero-order chi connectivity index (χ0) is 16.4. The average molecular weight is 345 g/mol. The Kier molecular flexibility index (Phi) is 5.18. The van der Waals surface area contributed by atoms with Gasteiger partial charge in [-0.2, -0.15) is 11.8 Å². The summed E-state index contributed by atoms with van der Waals surface area (Å²) >= 11 is 7.97. The molecule has 2 atom stereocenters. The molecule has 6 nitrogen and oxygen atoms in total. The van der Waals surface area contributed by atoms with E-state index in [0.717, 1.165) is 0 Å². The molecular formula is C14H17ClN2O4S. The molecule has 2 rings (SSSR count). The molecule has 1 aliphatic heterocycles. The molecule has 0 amide bonds. The molecule has 8 heteroatoms. The molecule has 1 heterocycles. The monoisotopic (exact) mass is 344 g/mol. The number of nitrogens with zero attached hydrogens (tertiary/aromatic N) is 2. The third-order valence-electron chi connectivity index (χ3n) is 3.43. The standard InChI is InChI=1S/C14H17ClN2O4S/c1-8-6-16(7-9(2)22-8)12-5-11(15)10(14(18)21-3)4-13(12)17(19)20/h4-5,8-9H,6-7H2,1-3H3. The van der Waals surface area contributed by atoms with Crippen LogP contribution in [-0.4, -0.2) is 41.6 Å². The van der Waals surface area contributed by atoms with Crippen LogP contribution in [-0.2, 0) is 4.74 Å². The first-order valence-electron chi connectivity index (χ1n) is 6.80. The van der Waals surface area contributed by atoms with Crippen molar-refractivity contribution in [1.29, 1.82) is 0 Å². The number of halogens is 1. The summed E-state index contributed by atoms with van der Waals surface area (Å²) < 4.78 is 4.61. The summed E-state index contributed by atoms with van der Waals surface area (Å²) in [5.41, 5.74) is 0.324. The van der Waals surface area contributed by atoms with Crippen LogP contribution < -0.4 is 4.90 Å². The van der Waals surface area contributed by atoms with Crippen LogP contribution in [0.5, 0.6) is 0 Å². The fourth-order valence-corrected chi connectivity index (χ4v) is 4.15. The summed E-state index contributed by atoms with van der Waals surface area (Å²) in [4.78, 5) is 24.5. The molecule has 0 aliphatic carbocycles. The van der Waals surface area contributed by atoms with E-state index in [1.165, 1.54) is 19.2 Å². The van der Waals surface area contributed by atoms with E-state index in [1.807, 2.05) is 16.7 Å². The minimum absolute atomic E-state index is 0.00657. The highest BCUT2D eigenvalue weighted by Gasteiger charge is 2.29. The van der Waals surface area contributed by atoms with Crippen LogP contribution in [0.4, 0.5) is 11.4 Å². The maximum Gasteiger partial charge on any atom is 0.339 e. The molecule has 0 radical (unpaired) electrons. The Labute approximate surface area is 137 Å². The lowest BCUT2D eigenvalue weighted by molar-refractivity contribution is -0.384. The molecule has 1 aliphatic rings. The van der Waals surface area contributed by atoms with Crippen LogP contribution in [0.15, 0.2) is 12.1 Å². The van der Waals surface area contributed by atoms with Crippen molar-refractivity contribution in [1.82, 2.24) is 0 Å². The first-order chi connectivity index (χ1) is 10.3. The summed E-state index contributed by atoms with van der Waals surface area (Å²) in [7, 11) is 1.21. The zero-order valence-corrected chi connectivity index (χ0v) is 14.1. The van der Waals surface area contributed by atoms with Crippen molar-refractivity contribution in [3.63, 3.8) is 0 Å². The normalized spacial score (nSPS) is 21.5.